The molecular weight excluding hydrogens is 256 g/mol. The Bertz CT molecular complexity index is 416. The lowest BCUT2D eigenvalue weighted by atomic mass is 9.93. The van der Waals surface area contributed by atoms with Crippen LogP contribution in [0.15, 0.2) is 30.3 Å². The summed E-state index contributed by atoms with van der Waals surface area (Å²) >= 11 is 0. The highest BCUT2D eigenvalue weighted by molar-refractivity contribution is 5.74. The molecule has 20 heavy (non-hydrogen) atoms. The molecule has 0 aromatic heterocycles. The van der Waals surface area contributed by atoms with E-state index >= 15 is 0 Å². The summed E-state index contributed by atoms with van der Waals surface area (Å²) in [6, 6.07) is 8.83. The van der Waals surface area contributed by atoms with Crippen LogP contribution in [0.25, 0.3) is 0 Å². The predicted octanol–water partition coefficient (Wildman–Crippen LogP) is 1.32. The number of rotatable bonds is 4. The van der Waals surface area contributed by atoms with Crippen molar-refractivity contribution in [2.45, 2.75) is 43.9 Å². The summed E-state index contributed by atoms with van der Waals surface area (Å²) in [5, 5.41) is 24.5. The molecule has 1 aromatic carbocycles. The van der Waals surface area contributed by atoms with E-state index in [4.69, 9.17) is 0 Å². The van der Waals surface area contributed by atoms with Gasteiger partial charge in [-0.3, -0.25) is 0 Å². The number of benzene rings is 1. The van der Waals surface area contributed by atoms with E-state index in [0.717, 1.165) is 31.2 Å². The third kappa shape index (κ3) is 4.21. The van der Waals surface area contributed by atoms with Gasteiger partial charge in [-0.15, -0.1) is 0 Å². The van der Waals surface area contributed by atoms with Crippen molar-refractivity contribution in [2.24, 2.45) is 0 Å². The van der Waals surface area contributed by atoms with Crippen molar-refractivity contribution < 1.29 is 15.0 Å². The molecule has 5 nitrogen and oxygen atoms in total. The first-order valence-electron chi connectivity index (χ1n) is 7.10. The van der Waals surface area contributed by atoms with Crippen molar-refractivity contribution >= 4 is 6.03 Å². The summed E-state index contributed by atoms with van der Waals surface area (Å²) < 4.78 is 0. The predicted molar refractivity (Wildman–Crippen MR) is 76.2 cm³/mol. The van der Waals surface area contributed by atoms with Crippen molar-refractivity contribution in [2.75, 3.05) is 6.61 Å². The van der Waals surface area contributed by atoms with E-state index < -0.39 is 6.04 Å². The van der Waals surface area contributed by atoms with Crippen molar-refractivity contribution in [1.29, 1.82) is 0 Å². The first-order chi connectivity index (χ1) is 9.69. The SMILES string of the molecule is O=C(NC1CCC(O)CC1)NC(CO)c1ccccc1. The quantitative estimate of drug-likeness (QED) is 0.670. The van der Waals surface area contributed by atoms with Gasteiger partial charge in [0.1, 0.15) is 0 Å². The van der Waals surface area contributed by atoms with Gasteiger partial charge in [-0.2, -0.15) is 0 Å². The second-order valence-corrected chi connectivity index (χ2v) is 5.27. The maximum Gasteiger partial charge on any atom is 0.315 e. The smallest absolute Gasteiger partial charge is 0.315 e. The van der Waals surface area contributed by atoms with Crippen LogP contribution in [0.2, 0.25) is 0 Å². The Labute approximate surface area is 119 Å². The lowest BCUT2D eigenvalue weighted by Gasteiger charge is -2.27. The van der Waals surface area contributed by atoms with Gasteiger partial charge in [0.05, 0.1) is 18.8 Å². The molecule has 0 saturated heterocycles. The van der Waals surface area contributed by atoms with E-state index in [-0.39, 0.29) is 24.8 Å². The Balaban J connectivity index is 1.84. The van der Waals surface area contributed by atoms with Crippen LogP contribution in [-0.2, 0) is 0 Å². The lowest BCUT2D eigenvalue weighted by molar-refractivity contribution is 0.117. The fourth-order valence-electron chi connectivity index (χ4n) is 2.53. The average molecular weight is 278 g/mol. The number of urea groups is 1. The molecule has 0 spiro atoms. The van der Waals surface area contributed by atoms with Crippen LogP contribution in [0.4, 0.5) is 4.79 Å². The number of hydrogen-bond acceptors (Lipinski definition) is 3. The van der Waals surface area contributed by atoms with Crippen LogP contribution in [0.1, 0.15) is 37.3 Å². The average Bonchev–Trinajstić information content (AvgIpc) is 2.48. The van der Waals surface area contributed by atoms with E-state index in [1.54, 1.807) is 0 Å². The summed E-state index contributed by atoms with van der Waals surface area (Å²) in [6.07, 6.45) is 2.82. The minimum Gasteiger partial charge on any atom is -0.394 e. The molecule has 1 aromatic rings. The maximum atomic E-state index is 11.9. The lowest BCUT2D eigenvalue weighted by Crippen LogP contribution is -2.45. The highest BCUT2D eigenvalue weighted by Crippen LogP contribution is 2.18. The van der Waals surface area contributed by atoms with E-state index in [0.29, 0.717) is 0 Å². The first-order valence-corrected chi connectivity index (χ1v) is 7.10. The van der Waals surface area contributed by atoms with Crippen LogP contribution in [-0.4, -0.2) is 35.0 Å². The topological polar surface area (TPSA) is 81.6 Å². The molecule has 1 aliphatic carbocycles. The Morgan fingerprint density at radius 2 is 1.85 bits per heavy atom. The highest BCUT2D eigenvalue weighted by Gasteiger charge is 2.21. The summed E-state index contributed by atoms with van der Waals surface area (Å²) in [4.78, 5) is 11.9. The van der Waals surface area contributed by atoms with Crippen LogP contribution in [0, 0.1) is 0 Å². The fourth-order valence-corrected chi connectivity index (χ4v) is 2.53. The van der Waals surface area contributed by atoms with Gasteiger partial charge in [0.15, 0.2) is 0 Å². The Hall–Kier alpha value is -1.59. The van der Waals surface area contributed by atoms with Crippen LogP contribution >= 0.6 is 0 Å². The molecule has 0 radical (unpaired) electrons. The highest BCUT2D eigenvalue weighted by atomic mass is 16.3. The molecule has 0 bridgehead atoms. The molecular formula is C15H22N2O3. The van der Waals surface area contributed by atoms with Gasteiger partial charge in [-0.1, -0.05) is 30.3 Å². The number of aliphatic hydroxyl groups excluding tert-OH is 2. The van der Waals surface area contributed by atoms with Crippen LogP contribution in [0.3, 0.4) is 0 Å². The van der Waals surface area contributed by atoms with Crippen LogP contribution in [0.5, 0.6) is 0 Å². The van der Waals surface area contributed by atoms with Gasteiger partial charge in [0.2, 0.25) is 0 Å². The molecule has 1 saturated carbocycles. The molecule has 5 heteroatoms. The normalized spacial score (nSPS) is 23.9. The second kappa shape index (κ2) is 7.26. The Morgan fingerprint density at radius 1 is 1.20 bits per heavy atom. The zero-order valence-electron chi connectivity index (χ0n) is 11.5. The molecule has 1 unspecified atom stereocenters. The number of nitrogens with one attached hydrogen (secondary N) is 2. The molecule has 1 fully saturated rings. The second-order valence-electron chi connectivity index (χ2n) is 5.27. The third-order valence-corrected chi connectivity index (χ3v) is 3.72. The van der Waals surface area contributed by atoms with Gasteiger partial charge >= 0.3 is 6.03 Å². The molecule has 0 heterocycles. The molecule has 0 aliphatic heterocycles. The van der Waals surface area contributed by atoms with Gasteiger partial charge < -0.3 is 20.8 Å². The minimum absolute atomic E-state index is 0.105. The summed E-state index contributed by atoms with van der Waals surface area (Å²) in [5.41, 5.74) is 0.879. The zero-order chi connectivity index (χ0) is 14.4. The molecule has 1 atom stereocenters. The molecule has 2 rings (SSSR count). The summed E-state index contributed by atoms with van der Waals surface area (Å²) in [7, 11) is 0. The van der Waals surface area contributed by atoms with Crippen molar-refractivity contribution in [3.63, 3.8) is 0 Å². The molecule has 1 aliphatic rings. The standard InChI is InChI=1S/C15H22N2O3/c18-10-14(11-4-2-1-3-5-11)17-15(20)16-12-6-8-13(19)9-7-12/h1-5,12-14,18-19H,6-10H2,(H2,16,17,20). The van der Waals surface area contributed by atoms with E-state index in [9.17, 15) is 15.0 Å². The Kier molecular flexibility index (Phi) is 5.38. The first kappa shape index (κ1) is 14.8. The van der Waals surface area contributed by atoms with Gasteiger partial charge in [-0.05, 0) is 31.2 Å². The van der Waals surface area contributed by atoms with Gasteiger partial charge in [-0.25, -0.2) is 4.79 Å². The summed E-state index contributed by atoms with van der Waals surface area (Å²) in [6.45, 7) is -0.138. The monoisotopic (exact) mass is 278 g/mol. The third-order valence-electron chi connectivity index (χ3n) is 3.72. The maximum absolute atomic E-state index is 11.9. The van der Waals surface area contributed by atoms with Crippen molar-refractivity contribution in [1.82, 2.24) is 10.6 Å². The van der Waals surface area contributed by atoms with Crippen molar-refractivity contribution in [3.8, 4) is 0 Å². The molecule has 4 N–H and O–H groups in total. The number of amides is 2. The fraction of sp³-hybridized carbons (Fsp3) is 0.533. The Morgan fingerprint density at radius 3 is 2.45 bits per heavy atom. The van der Waals surface area contributed by atoms with E-state index in [1.165, 1.54) is 0 Å². The minimum atomic E-state index is -0.398. The molecule has 2 amide bonds. The van der Waals surface area contributed by atoms with E-state index in [1.807, 2.05) is 30.3 Å². The van der Waals surface area contributed by atoms with Crippen LogP contribution < -0.4 is 10.6 Å². The molecule has 110 valence electrons. The number of carbonyl (C=O) groups is 1. The van der Waals surface area contributed by atoms with Gasteiger partial charge in [0.25, 0.3) is 0 Å². The summed E-state index contributed by atoms with van der Waals surface area (Å²) in [5.74, 6) is 0. The van der Waals surface area contributed by atoms with Gasteiger partial charge in [0, 0.05) is 6.04 Å². The largest absolute Gasteiger partial charge is 0.394 e. The zero-order valence-corrected chi connectivity index (χ0v) is 11.5. The van der Waals surface area contributed by atoms with Crippen molar-refractivity contribution in [3.05, 3.63) is 35.9 Å². The number of hydrogen-bond donors (Lipinski definition) is 4. The van der Waals surface area contributed by atoms with E-state index in [2.05, 4.69) is 10.6 Å². The number of carbonyl (C=O) groups excluding carboxylic acids is 1. The number of aliphatic hydroxyl groups is 2.